The van der Waals surface area contributed by atoms with Crippen molar-refractivity contribution in [2.24, 2.45) is 5.73 Å². The summed E-state index contributed by atoms with van der Waals surface area (Å²) in [4.78, 5) is 23.7. The molecule has 1 atom stereocenters. The average Bonchev–Trinajstić information content (AvgIpc) is 2.82. The van der Waals surface area contributed by atoms with Gasteiger partial charge in [0.2, 0.25) is 0 Å². The Morgan fingerprint density at radius 3 is 2.58 bits per heavy atom. The predicted molar refractivity (Wildman–Crippen MR) is 86.1 cm³/mol. The molecule has 0 aliphatic heterocycles. The van der Waals surface area contributed by atoms with Gasteiger partial charge in [-0.05, 0) is 39.0 Å². The summed E-state index contributed by atoms with van der Waals surface area (Å²) >= 11 is 0. The maximum absolute atomic E-state index is 12.0. The van der Waals surface area contributed by atoms with E-state index in [1.165, 1.54) is 17.9 Å². The normalized spacial score (nSPS) is 12.9. The van der Waals surface area contributed by atoms with Crippen LogP contribution < -0.4 is 5.73 Å². The first-order valence-corrected chi connectivity index (χ1v) is 7.36. The zero-order chi connectivity index (χ0) is 18.1. The molecule has 8 nitrogen and oxygen atoms in total. The van der Waals surface area contributed by atoms with Crippen molar-refractivity contribution in [3.63, 3.8) is 0 Å². The second kappa shape index (κ2) is 6.58. The smallest absolute Gasteiger partial charge is 0.337 e. The molecule has 130 valence electrons. The topological polar surface area (TPSA) is 117 Å². The number of carbonyl (C=O) groups excluding carboxylic acids is 2. The number of nitrogens with zero attached hydrogens (tertiary/aromatic N) is 2. The number of fused-ring (bicyclic) bond motifs is 1. The van der Waals surface area contributed by atoms with Gasteiger partial charge in [0.15, 0.2) is 0 Å². The van der Waals surface area contributed by atoms with Crippen LogP contribution in [0.5, 0.6) is 0 Å². The molecule has 0 amide bonds. The number of ether oxygens (including phenoxy) is 2. The van der Waals surface area contributed by atoms with Gasteiger partial charge in [-0.1, -0.05) is 0 Å². The fraction of sp³-hybridized carbons (Fsp3) is 0.438. The Kier molecular flexibility index (Phi) is 4.91. The lowest BCUT2D eigenvalue weighted by molar-refractivity contribution is -0.155. The third kappa shape index (κ3) is 3.90. The molecule has 0 aliphatic rings. The minimum Gasteiger partial charge on any atom is -0.465 e. The van der Waals surface area contributed by atoms with Crippen LogP contribution in [-0.4, -0.2) is 39.5 Å². The van der Waals surface area contributed by atoms with Crippen molar-refractivity contribution in [2.45, 2.75) is 39.1 Å². The van der Waals surface area contributed by atoms with Crippen LogP contribution in [0.25, 0.3) is 10.9 Å². The molecule has 1 unspecified atom stereocenters. The molecule has 2 aromatic rings. The van der Waals surface area contributed by atoms with Gasteiger partial charge < -0.3 is 20.3 Å². The molecule has 0 fully saturated rings. The minimum absolute atomic E-state index is 0.141. The number of aromatic nitrogens is 2. The van der Waals surface area contributed by atoms with Gasteiger partial charge in [-0.2, -0.15) is 5.10 Å². The molecule has 1 aromatic carbocycles. The monoisotopic (exact) mass is 335 g/mol. The highest BCUT2D eigenvalue weighted by atomic mass is 16.6. The number of esters is 2. The van der Waals surface area contributed by atoms with Crippen molar-refractivity contribution in [3.8, 4) is 0 Å². The van der Waals surface area contributed by atoms with Gasteiger partial charge in [-0.3, -0.25) is 9.48 Å². The number of aliphatic hydroxyl groups excluding tert-OH is 1. The number of methoxy groups -OCH3 is 1. The summed E-state index contributed by atoms with van der Waals surface area (Å²) in [6.07, 6.45) is -1.35. The summed E-state index contributed by atoms with van der Waals surface area (Å²) in [6.45, 7) is 5.16. The van der Waals surface area contributed by atoms with E-state index in [9.17, 15) is 14.7 Å². The highest BCUT2D eigenvalue weighted by molar-refractivity contribution is 5.95. The van der Waals surface area contributed by atoms with E-state index in [4.69, 9.17) is 10.5 Å². The van der Waals surface area contributed by atoms with Gasteiger partial charge in [-0.15, -0.1) is 0 Å². The van der Waals surface area contributed by atoms with E-state index in [1.54, 1.807) is 32.9 Å². The first kappa shape index (κ1) is 17.9. The Labute approximate surface area is 139 Å². The molecule has 8 heteroatoms. The minimum atomic E-state index is -1.35. The summed E-state index contributed by atoms with van der Waals surface area (Å²) < 4.78 is 11.3. The van der Waals surface area contributed by atoms with Crippen LogP contribution in [0.4, 0.5) is 0 Å². The van der Waals surface area contributed by atoms with Crippen molar-refractivity contribution in [1.82, 2.24) is 9.78 Å². The second-order valence-corrected chi connectivity index (χ2v) is 6.30. The lowest BCUT2D eigenvalue weighted by Crippen LogP contribution is -2.27. The molecule has 24 heavy (non-hydrogen) atoms. The molecule has 0 bridgehead atoms. The molecule has 0 spiro atoms. The lowest BCUT2D eigenvalue weighted by atomic mass is 10.1. The Bertz CT molecular complexity index is 774. The summed E-state index contributed by atoms with van der Waals surface area (Å²) in [5.74, 6) is -0.990. The zero-order valence-corrected chi connectivity index (χ0v) is 14.1. The number of benzene rings is 1. The molecule has 0 aliphatic carbocycles. The van der Waals surface area contributed by atoms with E-state index in [0.29, 0.717) is 16.5 Å². The Morgan fingerprint density at radius 1 is 1.38 bits per heavy atom. The van der Waals surface area contributed by atoms with Gasteiger partial charge in [0.1, 0.15) is 24.1 Å². The third-order valence-electron chi connectivity index (χ3n) is 3.18. The largest absolute Gasteiger partial charge is 0.465 e. The molecule has 0 saturated heterocycles. The van der Waals surface area contributed by atoms with Crippen LogP contribution in [0.2, 0.25) is 0 Å². The van der Waals surface area contributed by atoms with Gasteiger partial charge in [0.25, 0.3) is 0 Å². The SMILES string of the molecule is COC(=O)c1ccc2c(c1)c(C(N)O)nn2CC(=O)OC(C)(C)C. The maximum Gasteiger partial charge on any atom is 0.337 e. The highest BCUT2D eigenvalue weighted by Crippen LogP contribution is 2.24. The van der Waals surface area contributed by atoms with E-state index < -0.39 is 23.8 Å². The summed E-state index contributed by atoms with van der Waals surface area (Å²) in [7, 11) is 1.27. The predicted octanol–water partition coefficient (Wildman–Crippen LogP) is 1.11. The van der Waals surface area contributed by atoms with Crippen molar-refractivity contribution >= 4 is 22.8 Å². The summed E-state index contributed by atoms with van der Waals surface area (Å²) in [6, 6.07) is 4.68. The van der Waals surface area contributed by atoms with Gasteiger partial charge in [0, 0.05) is 5.39 Å². The van der Waals surface area contributed by atoms with E-state index in [-0.39, 0.29) is 12.2 Å². The number of rotatable bonds is 4. The van der Waals surface area contributed by atoms with Crippen molar-refractivity contribution in [1.29, 1.82) is 0 Å². The number of hydrogen-bond acceptors (Lipinski definition) is 7. The molecule has 3 N–H and O–H groups in total. The van der Waals surface area contributed by atoms with E-state index in [1.807, 2.05) is 0 Å². The lowest BCUT2D eigenvalue weighted by Gasteiger charge is -2.19. The first-order chi connectivity index (χ1) is 11.1. The van der Waals surface area contributed by atoms with Crippen LogP contribution in [0.3, 0.4) is 0 Å². The fourth-order valence-corrected chi connectivity index (χ4v) is 2.28. The molecule has 2 rings (SSSR count). The van der Waals surface area contributed by atoms with Crippen molar-refractivity contribution < 1.29 is 24.2 Å². The number of carbonyl (C=O) groups is 2. The second-order valence-electron chi connectivity index (χ2n) is 6.30. The molecule has 0 radical (unpaired) electrons. The quantitative estimate of drug-likeness (QED) is 0.635. The standard InChI is InChI=1S/C16H21N3O5/c1-16(2,3)24-12(20)8-19-11-6-5-9(15(22)23-4)7-10(11)13(18-19)14(17)21/h5-7,14,21H,8,17H2,1-4H3. The number of nitrogens with two attached hydrogens (primary N) is 1. The van der Waals surface area contributed by atoms with Crippen LogP contribution in [0, 0.1) is 0 Å². The molecular weight excluding hydrogens is 314 g/mol. The highest BCUT2D eigenvalue weighted by Gasteiger charge is 2.21. The van der Waals surface area contributed by atoms with Gasteiger partial charge in [0.05, 0.1) is 18.2 Å². The van der Waals surface area contributed by atoms with Gasteiger partial charge >= 0.3 is 11.9 Å². The first-order valence-electron chi connectivity index (χ1n) is 7.36. The van der Waals surface area contributed by atoms with Crippen LogP contribution in [-0.2, 0) is 20.8 Å². The Morgan fingerprint density at radius 2 is 2.04 bits per heavy atom. The van der Waals surface area contributed by atoms with Crippen LogP contribution in [0.15, 0.2) is 18.2 Å². The van der Waals surface area contributed by atoms with Crippen LogP contribution >= 0.6 is 0 Å². The molecule has 0 saturated carbocycles. The molecule has 1 aromatic heterocycles. The fourth-order valence-electron chi connectivity index (χ4n) is 2.28. The number of hydrogen-bond donors (Lipinski definition) is 2. The number of aliphatic hydroxyl groups is 1. The zero-order valence-electron chi connectivity index (χ0n) is 14.1. The third-order valence-corrected chi connectivity index (χ3v) is 3.18. The van der Waals surface area contributed by atoms with Gasteiger partial charge in [-0.25, -0.2) is 4.79 Å². The Hall–Kier alpha value is -2.45. The van der Waals surface area contributed by atoms with E-state index >= 15 is 0 Å². The van der Waals surface area contributed by atoms with Crippen LogP contribution in [0.1, 0.15) is 43.1 Å². The molecule has 1 heterocycles. The molecular formula is C16H21N3O5. The van der Waals surface area contributed by atoms with E-state index in [0.717, 1.165) is 0 Å². The summed E-state index contributed by atoms with van der Waals surface area (Å²) in [5.41, 5.74) is 5.93. The maximum atomic E-state index is 12.0. The Balaban J connectivity index is 2.44. The summed E-state index contributed by atoms with van der Waals surface area (Å²) in [5, 5.41) is 14.4. The van der Waals surface area contributed by atoms with Crippen molar-refractivity contribution in [2.75, 3.05) is 7.11 Å². The van der Waals surface area contributed by atoms with Crippen molar-refractivity contribution in [3.05, 3.63) is 29.5 Å². The average molecular weight is 335 g/mol. The van der Waals surface area contributed by atoms with E-state index in [2.05, 4.69) is 9.84 Å².